The Balaban J connectivity index is 3.20. The molecule has 0 spiro atoms. The van der Waals surface area contributed by atoms with Crippen LogP contribution in [0.4, 0.5) is 11.9 Å². The quantitative estimate of drug-likeness (QED) is 0.179. The second-order valence-corrected chi connectivity index (χ2v) is 7.88. The van der Waals surface area contributed by atoms with E-state index in [1.807, 2.05) is 31.4 Å². The molecule has 0 amide bonds. The van der Waals surface area contributed by atoms with E-state index in [0.717, 1.165) is 32.2 Å². The Morgan fingerprint density at radius 2 is 1.71 bits per heavy atom. The lowest BCUT2D eigenvalue weighted by Gasteiger charge is -2.29. The molecule has 1 heterocycles. The third-order valence-electron chi connectivity index (χ3n) is 5.25. The van der Waals surface area contributed by atoms with Crippen LogP contribution in [0.25, 0.3) is 0 Å². The first kappa shape index (κ1) is 28.8. The molecule has 0 radical (unpaired) electrons. The van der Waals surface area contributed by atoms with Crippen LogP contribution in [-0.2, 0) is 0 Å². The fourth-order valence-electron chi connectivity index (χ4n) is 3.29. The predicted octanol–water partition coefficient (Wildman–Crippen LogP) is 7.36. The number of hydrogen-bond donors (Lipinski definition) is 0. The summed E-state index contributed by atoms with van der Waals surface area (Å²) >= 11 is 0. The third-order valence-corrected chi connectivity index (χ3v) is 5.25. The summed E-state index contributed by atoms with van der Waals surface area (Å²) < 4.78 is 0. The monoisotopic (exact) mass is 461 g/mol. The molecule has 0 fully saturated rings. The molecule has 2 unspecified atom stereocenters. The number of rotatable bonds is 17. The molecule has 5 nitrogen and oxygen atoms in total. The van der Waals surface area contributed by atoms with Crippen molar-refractivity contribution in [3.05, 3.63) is 92.5 Å². The first-order chi connectivity index (χ1) is 16.6. The molecule has 1 aromatic rings. The van der Waals surface area contributed by atoms with E-state index in [1.54, 1.807) is 12.4 Å². The van der Waals surface area contributed by atoms with Crippen molar-refractivity contribution in [3.8, 4) is 0 Å². The van der Waals surface area contributed by atoms with Gasteiger partial charge < -0.3 is 9.80 Å². The Morgan fingerprint density at radius 3 is 2.35 bits per heavy atom. The minimum Gasteiger partial charge on any atom is -0.334 e. The van der Waals surface area contributed by atoms with Crippen LogP contribution < -0.4 is 9.80 Å². The van der Waals surface area contributed by atoms with Crippen LogP contribution in [0.1, 0.15) is 59.8 Å². The van der Waals surface area contributed by atoms with Crippen LogP contribution in [0.15, 0.2) is 92.5 Å². The van der Waals surface area contributed by atoms with Gasteiger partial charge in [0.2, 0.25) is 11.9 Å². The maximum atomic E-state index is 4.87. The Bertz CT molecular complexity index is 850. The molecule has 0 aliphatic heterocycles. The summed E-state index contributed by atoms with van der Waals surface area (Å²) in [5.74, 6) is 1.28. The molecule has 34 heavy (non-hydrogen) atoms. The maximum absolute atomic E-state index is 4.87. The zero-order chi connectivity index (χ0) is 25.0. The molecule has 1 rings (SSSR count). The van der Waals surface area contributed by atoms with E-state index in [4.69, 9.17) is 4.98 Å². The molecule has 0 aliphatic carbocycles. The van der Waals surface area contributed by atoms with Gasteiger partial charge in [0.25, 0.3) is 0 Å². The van der Waals surface area contributed by atoms with E-state index in [0.29, 0.717) is 11.9 Å². The minimum atomic E-state index is 0.0986. The number of nitrogens with zero attached hydrogens (tertiary/aromatic N) is 5. The maximum Gasteiger partial charge on any atom is 0.234 e. The molecule has 0 N–H and O–H groups in total. The number of aromatic nitrogens is 3. The Kier molecular flexibility index (Phi) is 15.5. The average Bonchev–Trinajstić information content (AvgIpc) is 2.86. The highest BCUT2D eigenvalue weighted by molar-refractivity contribution is 5.44. The van der Waals surface area contributed by atoms with Crippen LogP contribution in [0.2, 0.25) is 0 Å². The van der Waals surface area contributed by atoms with Crippen LogP contribution in [0.5, 0.6) is 0 Å². The van der Waals surface area contributed by atoms with Crippen molar-refractivity contribution in [1.82, 2.24) is 15.0 Å². The molecule has 0 saturated heterocycles. The minimum absolute atomic E-state index is 0.0986. The molecular weight excluding hydrogens is 418 g/mol. The summed E-state index contributed by atoms with van der Waals surface area (Å²) in [5, 5.41) is 0. The van der Waals surface area contributed by atoms with Gasteiger partial charge in [-0.1, -0.05) is 93.7 Å². The molecule has 0 aromatic carbocycles. The summed E-state index contributed by atoms with van der Waals surface area (Å²) in [4.78, 5) is 18.2. The summed E-state index contributed by atoms with van der Waals surface area (Å²) in [5.41, 5.74) is 0. The SMILES string of the molecule is C=C/C=C\C(C)N(CC/C=C\C=C/CCC)c1ncnc(N(/C=C\C/C=C\C)C(C=C)CC)n1. The van der Waals surface area contributed by atoms with E-state index >= 15 is 0 Å². The van der Waals surface area contributed by atoms with Crippen LogP contribution in [0.3, 0.4) is 0 Å². The van der Waals surface area contributed by atoms with Gasteiger partial charge in [0, 0.05) is 18.8 Å². The number of unbranched alkanes of at least 4 members (excludes halogenated alkanes) is 1. The highest BCUT2D eigenvalue weighted by Crippen LogP contribution is 2.20. The molecule has 5 heteroatoms. The third kappa shape index (κ3) is 10.6. The number of allylic oxidation sites excluding steroid dienone is 8. The smallest absolute Gasteiger partial charge is 0.234 e. The zero-order valence-electron chi connectivity index (χ0n) is 21.6. The average molecular weight is 462 g/mol. The van der Waals surface area contributed by atoms with Gasteiger partial charge in [-0.3, -0.25) is 0 Å². The molecule has 0 aliphatic rings. The lowest BCUT2D eigenvalue weighted by Crippen LogP contribution is -2.35. The molecule has 0 saturated carbocycles. The first-order valence-electron chi connectivity index (χ1n) is 12.4. The second kappa shape index (κ2) is 18.2. The van der Waals surface area contributed by atoms with Gasteiger partial charge in [-0.2, -0.15) is 4.98 Å². The normalized spacial score (nSPS) is 14.0. The zero-order valence-corrected chi connectivity index (χ0v) is 21.6. The summed E-state index contributed by atoms with van der Waals surface area (Å²) in [7, 11) is 0. The van der Waals surface area contributed by atoms with Crippen molar-refractivity contribution >= 4 is 11.9 Å². The second-order valence-electron chi connectivity index (χ2n) is 7.88. The predicted molar refractivity (Wildman–Crippen MR) is 149 cm³/mol. The van der Waals surface area contributed by atoms with Crippen molar-refractivity contribution in [2.75, 3.05) is 16.3 Å². The van der Waals surface area contributed by atoms with Crippen molar-refractivity contribution in [3.63, 3.8) is 0 Å². The van der Waals surface area contributed by atoms with E-state index < -0.39 is 0 Å². The highest BCUT2D eigenvalue weighted by Gasteiger charge is 2.19. The molecule has 0 bridgehead atoms. The largest absolute Gasteiger partial charge is 0.334 e. The summed E-state index contributed by atoms with van der Waals surface area (Å²) in [6, 6.07) is 0.207. The van der Waals surface area contributed by atoms with Crippen LogP contribution >= 0.6 is 0 Å². The van der Waals surface area contributed by atoms with Gasteiger partial charge in [0.05, 0.1) is 6.04 Å². The topological polar surface area (TPSA) is 45.2 Å². The Hall–Kier alpha value is -3.21. The van der Waals surface area contributed by atoms with Crippen molar-refractivity contribution in [2.24, 2.45) is 0 Å². The van der Waals surface area contributed by atoms with Gasteiger partial charge >= 0.3 is 0 Å². The van der Waals surface area contributed by atoms with E-state index in [-0.39, 0.29) is 12.1 Å². The number of hydrogen-bond acceptors (Lipinski definition) is 5. The standard InChI is InChI=1S/C29H43N5/c1-7-12-15-17-18-19-21-23-33(26(6)22-14-9-3)28-30-25-31-29(32-28)34(27(10-4)11-5)24-20-16-13-8-2/h8-10,13-15,17-20,22,24-27H,3-4,7,11-12,16,21,23H2,1-2,5-6H3/b13-8-,17-15-,19-18-,22-14-,24-20-. The van der Waals surface area contributed by atoms with Crippen LogP contribution in [0, 0.1) is 0 Å². The van der Waals surface area contributed by atoms with Crippen molar-refractivity contribution in [2.45, 2.75) is 71.9 Å². The van der Waals surface area contributed by atoms with Gasteiger partial charge in [0.1, 0.15) is 6.33 Å². The van der Waals surface area contributed by atoms with E-state index in [2.05, 4.69) is 96.2 Å². The summed E-state index contributed by atoms with van der Waals surface area (Å²) in [6.07, 6.45) is 31.3. The van der Waals surface area contributed by atoms with E-state index in [1.165, 1.54) is 6.42 Å². The Morgan fingerprint density at radius 1 is 0.971 bits per heavy atom. The number of anilines is 2. The fraction of sp³-hybridized carbons (Fsp3) is 0.414. The fourth-order valence-corrected chi connectivity index (χ4v) is 3.29. The lowest BCUT2D eigenvalue weighted by atomic mass is 10.2. The van der Waals surface area contributed by atoms with Gasteiger partial charge in [-0.25, -0.2) is 9.97 Å². The molecular formula is C29H43N5. The van der Waals surface area contributed by atoms with Gasteiger partial charge in [-0.15, -0.1) is 6.58 Å². The molecule has 1 aromatic heterocycles. The highest BCUT2D eigenvalue weighted by atomic mass is 15.3. The van der Waals surface area contributed by atoms with Crippen molar-refractivity contribution < 1.29 is 0 Å². The van der Waals surface area contributed by atoms with E-state index in [9.17, 15) is 0 Å². The van der Waals surface area contributed by atoms with Gasteiger partial charge in [-0.05, 0) is 39.5 Å². The molecule has 2 atom stereocenters. The first-order valence-corrected chi connectivity index (χ1v) is 12.4. The van der Waals surface area contributed by atoms with Crippen molar-refractivity contribution in [1.29, 1.82) is 0 Å². The van der Waals surface area contributed by atoms with Gasteiger partial charge in [0.15, 0.2) is 0 Å². The Labute approximate surface area is 207 Å². The lowest BCUT2D eigenvalue weighted by molar-refractivity contribution is 0.688. The summed E-state index contributed by atoms with van der Waals surface area (Å²) in [6.45, 7) is 17.1. The molecule has 184 valence electrons. The van der Waals surface area contributed by atoms with Crippen LogP contribution in [-0.4, -0.2) is 33.6 Å².